The predicted octanol–water partition coefficient (Wildman–Crippen LogP) is 2.65. The van der Waals surface area contributed by atoms with E-state index < -0.39 is 0 Å². The molecule has 0 N–H and O–H groups in total. The van der Waals surface area contributed by atoms with Gasteiger partial charge in [0.25, 0.3) is 0 Å². The Bertz CT molecular complexity index is 656. The zero-order chi connectivity index (χ0) is 16.4. The molecular formula is C18H23N3O2. The van der Waals surface area contributed by atoms with E-state index in [9.17, 15) is 4.79 Å². The third-order valence-corrected chi connectivity index (χ3v) is 4.34. The lowest BCUT2D eigenvalue weighted by molar-refractivity contribution is -0.131. The zero-order valence-electron chi connectivity index (χ0n) is 13.9. The fraction of sp³-hybridized carbons (Fsp3) is 0.444. The SMILES string of the molecule is Cc1cc(CC(=O)N2CC(C)N(c3ccccc3)C(C)C2)no1. The number of hydrogen-bond donors (Lipinski definition) is 0. The van der Waals surface area contributed by atoms with E-state index in [0.717, 1.165) is 18.8 Å². The summed E-state index contributed by atoms with van der Waals surface area (Å²) in [6, 6.07) is 12.8. The molecule has 2 aromatic rings. The Hall–Kier alpha value is -2.30. The molecule has 0 radical (unpaired) electrons. The summed E-state index contributed by atoms with van der Waals surface area (Å²) in [5, 5.41) is 3.92. The number of para-hydroxylation sites is 1. The van der Waals surface area contributed by atoms with Crippen LogP contribution in [-0.2, 0) is 11.2 Å². The van der Waals surface area contributed by atoms with Gasteiger partial charge in [-0.3, -0.25) is 4.79 Å². The summed E-state index contributed by atoms with van der Waals surface area (Å²) >= 11 is 0. The first kappa shape index (κ1) is 15.6. The second-order valence-corrected chi connectivity index (χ2v) is 6.35. The Balaban J connectivity index is 1.67. The van der Waals surface area contributed by atoms with Gasteiger partial charge in [0.05, 0.1) is 12.1 Å². The molecule has 1 fully saturated rings. The van der Waals surface area contributed by atoms with Crippen LogP contribution in [0.25, 0.3) is 0 Å². The molecule has 1 aliphatic heterocycles. The summed E-state index contributed by atoms with van der Waals surface area (Å²) in [4.78, 5) is 16.9. The molecule has 0 aliphatic carbocycles. The van der Waals surface area contributed by atoms with E-state index in [0.29, 0.717) is 12.1 Å². The highest BCUT2D eigenvalue weighted by molar-refractivity contribution is 5.78. The molecule has 0 saturated carbocycles. The molecule has 5 nitrogen and oxygen atoms in total. The van der Waals surface area contributed by atoms with Crippen LogP contribution in [0, 0.1) is 6.92 Å². The van der Waals surface area contributed by atoms with E-state index in [1.807, 2.05) is 24.0 Å². The smallest absolute Gasteiger partial charge is 0.228 e. The Labute approximate surface area is 136 Å². The van der Waals surface area contributed by atoms with Crippen molar-refractivity contribution in [3.63, 3.8) is 0 Å². The van der Waals surface area contributed by atoms with E-state index in [2.05, 4.69) is 48.2 Å². The highest BCUT2D eigenvalue weighted by Gasteiger charge is 2.32. The van der Waals surface area contributed by atoms with Gasteiger partial charge in [0.2, 0.25) is 5.91 Å². The molecule has 5 heteroatoms. The number of hydrogen-bond acceptors (Lipinski definition) is 4. The minimum absolute atomic E-state index is 0.115. The molecule has 1 aromatic heterocycles. The van der Waals surface area contributed by atoms with Gasteiger partial charge in [-0.05, 0) is 32.9 Å². The van der Waals surface area contributed by atoms with Crippen molar-refractivity contribution in [3.05, 3.63) is 47.9 Å². The molecule has 0 bridgehead atoms. The Kier molecular flexibility index (Phi) is 4.37. The number of carbonyl (C=O) groups excluding carboxylic acids is 1. The van der Waals surface area contributed by atoms with Crippen LogP contribution in [0.15, 0.2) is 40.9 Å². The molecule has 2 atom stereocenters. The first-order chi connectivity index (χ1) is 11.0. The monoisotopic (exact) mass is 313 g/mol. The summed E-state index contributed by atoms with van der Waals surface area (Å²) in [7, 11) is 0. The molecule has 122 valence electrons. The maximum atomic E-state index is 12.5. The highest BCUT2D eigenvalue weighted by Crippen LogP contribution is 2.24. The lowest BCUT2D eigenvalue weighted by atomic mass is 10.1. The second-order valence-electron chi connectivity index (χ2n) is 6.35. The van der Waals surface area contributed by atoms with Gasteiger partial charge in [0, 0.05) is 36.9 Å². The number of aryl methyl sites for hydroxylation is 1. The van der Waals surface area contributed by atoms with E-state index in [1.54, 1.807) is 0 Å². The van der Waals surface area contributed by atoms with Gasteiger partial charge in [0.1, 0.15) is 5.76 Å². The van der Waals surface area contributed by atoms with Gasteiger partial charge in [-0.15, -0.1) is 0 Å². The van der Waals surface area contributed by atoms with Crippen molar-refractivity contribution in [1.29, 1.82) is 0 Å². The van der Waals surface area contributed by atoms with Gasteiger partial charge < -0.3 is 14.3 Å². The van der Waals surface area contributed by atoms with Gasteiger partial charge in [-0.1, -0.05) is 23.4 Å². The van der Waals surface area contributed by atoms with E-state index in [1.165, 1.54) is 5.69 Å². The fourth-order valence-electron chi connectivity index (χ4n) is 3.40. The van der Waals surface area contributed by atoms with Crippen LogP contribution in [0.5, 0.6) is 0 Å². The minimum Gasteiger partial charge on any atom is -0.363 e. The number of anilines is 1. The van der Waals surface area contributed by atoms with Crippen molar-refractivity contribution in [2.45, 2.75) is 39.3 Å². The van der Waals surface area contributed by atoms with Crippen molar-refractivity contribution >= 4 is 11.6 Å². The molecule has 1 aromatic carbocycles. The number of benzene rings is 1. The molecule has 0 spiro atoms. The van der Waals surface area contributed by atoms with E-state index in [-0.39, 0.29) is 18.0 Å². The van der Waals surface area contributed by atoms with Crippen LogP contribution in [0.4, 0.5) is 5.69 Å². The first-order valence-corrected chi connectivity index (χ1v) is 8.08. The van der Waals surface area contributed by atoms with Gasteiger partial charge in [0.15, 0.2) is 0 Å². The van der Waals surface area contributed by atoms with Gasteiger partial charge in [-0.25, -0.2) is 0 Å². The van der Waals surface area contributed by atoms with Crippen LogP contribution >= 0.6 is 0 Å². The average molecular weight is 313 g/mol. The van der Waals surface area contributed by atoms with Gasteiger partial charge in [-0.2, -0.15) is 0 Å². The minimum atomic E-state index is 0.115. The highest BCUT2D eigenvalue weighted by atomic mass is 16.5. The maximum Gasteiger partial charge on any atom is 0.228 e. The summed E-state index contributed by atoms with van der Waals surface area (Å²) in [5.41, 5.74) is 1.92. The van der Waals surface area contributed by atoms with Gasteiger partial charge >= 0.3 is 0 Å². The summed E-state index contributed by atoms with van der Waals surface area (Å²) in [6.45, 7) is 7.64. The zero-order valence-corrected chi connectivity index (χ0v) is 13.9. The number of aromatic nitrogens is 1. The number of piperazine rings is 1. The standard InChI is InChI=1S/C18H23N3O2/c1-13-11-20(18(22)10-16-9-15(3)23-19-16)12-14(2)21(13)17-7-5-4-6-8-17/h4-9,13-14H,10-12H2,1-3H3. The maximum absolute atomic E-state index is 12.5. The Morgan fingerprint density at radius 2 is 1.87 bits per heavy atom. The normalized spacial score (nSPS) is 21.5. The van der Waals surface area contributed by atoms with Crippen molar-refractivity contribution < 1.29 is 9.32 Å². The summed E-state index contributed by atoms with van der Waals surface area (Å²) < 4.78 is 5.04. The average Bonchev–Trinajstić information content (AvgIpc) is 2.92. The molecule has 2 heterocycles. The van der Waals surface area contributed by atoms with Crippen molar-refractivity contribution in [1.82, 2.24) is 10.1 Å². The lowest BCUT2D eigenvalue weighted by Gasteiger charge is -2.46. The number of amides is 1. The molecule has 23 heavy (non-hydrogen) atoms. The Morgan fingerprint density at radius 1 is 1.22 bits per heavy atom. The topological polar surface area (TPSA) is 49.6 Å². The van der Waals surface area contributed by atoms with Crippen molar-refractivity contribution in [2.75, 3.05) is 18.0 Å². The predicted molar refractivity (Wildman–Crippen MR) is 89.4 cm³/mol. The summed E-state index contributed by atoms with van der Waals surface area (Å²) in [6.07, 6.45) is 0.308. The number of carbonyl (C=O) groups is 1. The number of nitrogens with zero attached hydrogens (tertiary/aromatic N) is 3. The lowest BCUT2D eigenvalue weighted by Crippen LogP contribution is -2.58. The van der Waals surface area contributed by atoms with Crippen molar-refractivity contribution in [2.24, 2.45) is 0 Å². The van der Waals surface area contributed by atoms with Crippen LogP contribution in [0.3, 0.4) is 0 Å². The van der Waals surface area contributed by atoms with E-state index in [4.69, 9.17) is 4.52 Å². The molecule has 1 aliphatic rings. The number of rotatable bonds is 3. The van der Waals surface area contributed by atoms with Crippen LogP contribution in [0.1, 0.15) is 25.3 Å². The third-order valence-electron chi connectivity index (χ3n) is 4.34. The molecule has 3 rings (SSSR count). The van der Waals surface area contributed by atoms with Crippen LogP contribution in [0.2, 0.25) is 0 Å². The molecule has 1 amide bonds. The summed E-state index contributed by atoms with van der Waals surface area (Å²) in [5.74, 6) is 0.855. The van der Waals surface area contributed by atoms with Crippen LogP contribution < -0.4 is 4.90 Å². The largest absolute Gasteiger partial charge is 0.363 e. The molecule has 1 saturated heterocycles. The third kappa shape index (κ3) is 3.38. The van der Waals surface area contributed by atoms with E-state index >= 15 is 0 Å². The fourth-order valence-corrected chi connectivity index (χ4v) is 3.40. The molecule has 2 unspecified atom stereocenters. The Morgan fingerprint density at radius 3 is 2.43 bits per heavy atom. The van der Waals surface area contributed by atoms with Crippen molar-refractivity contribution in [3.8, 4) is 0 Å². The quantitative estimate of drug-likeness (QED) is 0.874. The first-order valence-electron chi connectivity index (χ1n) is 8.08. The molecular weight excluding hydrogens is 290 g/mol. The van der Waals surface area contributed by atoms with Crippen LogP contribution in [-0.4, -0.2) is 41.1 Å². The second kappa shape index (κ2) is 6.44.